The molecule has 0 saturated heterocycles. The molecule has 3 rings (SSSR count). The molecule has 1 heterocycles. The summed E-state index contributed by atoms with van der Waals surface area (Å²) < 4.78 is 29.5. The highest BCUT2D eigenvalue weighted by Crippen LogP contribution is 2.29. The standard InChI is InChI=1S/C19H14F2IN5O2/c20-19(21)29-16-5-4-12(7-15(16)28)10-24-17-14(9-23)18(27-26-17)25-13-3-1-2-11(6-13)8-22/h1-7,10,19,28H,8H2,(H2,25,26,27). The number of nitriles is 1. The average Bonchev–Trinajstić information content (AvgIpc) is 3.09. The number of nitrogens with one attached hydrogen (secondary N) is 2. The Bertz CT molecular complexity index is 1080. The molecule has 29 heavy (non-hydrogen) atoms. The first-order chi connectivity index (χ1) is 14.0. The lowest BCUT2D eigenvalue weighted by atomic mass is 10.2. The number of anilines is 2. The van der Waals surface area contributed by atoms with E-state index in [-0.39, 0.29) is 17.1 Å². The van der Waals surface area contributed by atoms with E-state index >= 15 is 0 Å². The highest BCUT2D eigenvalue weighted by atomic mass is 127. The van der Waals surface area contributed by atoms with Crippen LogP contribution in [0.25, 0.3) is 0 Å². The lowest BCUT2D eigenvalue weighted by Gasteiger charge is -2.06. The Morgan fingerprint density at radius 3 is 2.86 bits per heavy atom. The molecule has 2 aromatic carbocycles. The molecule has 148 valence electrons. The summed E-state index contributed by atoms with van der Waals surface area (Å²) in [7, 11) is 0. The van der Waals surface area contributed by atoms with Crippen LogP contribution in [0.2, 0.25) is 0 Å². The Labute approximate surface area is 178 Å². The van der Waals surface area contributed by atoms with Crippen molar-refractivity contribution in [3.8, 4) is 17.6 Å². The van der Waals surface area contributed by atoms with Gasteiger partial charge in [-0.3, -0.25) is 5.10 Å². The van der Waals surface area contributed by atoms with Crippen LogP contribution in [0.4, 0.5) is 26.1 Å². The third-order valence-corrected chi connectivity index (χ3v) is 4.63. The van der Waals surface area contributed by atoms with Gasteiger partial charge in [0.05, 0.1) is 0 Å². The summed E-state index contributed by atoms with van der Waals surface area (Å²) in [6, 6.07) is 13.6. The molecule has 0 unspecified atom stereocenters. The van der Waals surface area contributed by atoms with Crippen LogP contribution >= 0.6 is 22.6 Å². The molecule has 0 atom stereocenters. The summed E-state index contributed by atoms with van der Waals surface area (Å²) in [6.45, 7) is -3.04. The maximum Gasteiger partial charge on any atom is 0.387 e. The van der Waals surface area contributed by atoms with Crippen molar-refractivity contribution in [1.82, 2.24) is 10.2 Å². The zero-order chi connectivity index (χ0) is 20.8. The van der Waals surface area contributed by atoms with Gasteiger partial charge in [-0.25, -0.2) is 4.99 Å². The molecule has 0 saturated carbocycles. The van der Waals surface area contributed by atoms with E-state index < -0.39 is 12.4 Å². The zero-order valence-electron chi connectivity index (χ0n) is 14.7. The lowest BCUT2D eigenvalue weighted by molar-refractivity contribution is -0.0512. The lowest BCUT2D eigenvalue weighted by Crippen LogP contribution is -2.02. The number of benzene rings is 2. The summed E-state index contributed by atoms with van der Waals surface area (Å²) in [5.41, 5.74) is 2.56. The number of rotatable bonds is 7. The first-order valence-corrected chi connectivity index (χ1v) is 9.75. The largest absolute Gasteiger partial charge is 0.504 e. The third kappa shape index (κ3) is 5.20. The number of aromatic amines is 1. The van der Waals surface area contributed by atoms with E-state index in [0.29, 0.717) is 11.4 Å². The minimum absolute atomic E-state index is 0.146. The average molecular weight is 509 g/mol. The minimum Gasteiger partial charge on any atom is -0.504 e. The van der Waals surface area contributed by atoms with E-state index in [0.717, 1.165) is 15.7 Å². The molecule has 0 aliphatic heterocycles. The van der Waals surface area contributed by atoms with Crippen LogP contribution in [-0.4, -0.2) is 28.1 Å². The second kappa shape index (κ2) is 9.33. The molecule has 0 aliphatic rings. The molecule has 0 radical (unpaired) electrons. The fourth-order valence-electron chi connectivity index (χ4n) is 2.44. The Kier molecular flexibility index (Phi) is 6.61. The quantitative estimate of drug-likeness (QED) is 0.236. The van der Waals surface area contributed by atoms with Gasteiger partial charge < -0.3 is 15.2 Å². The van der Waals surface area contributed by atoms with E-state index in [9.17, 15) is 19.1 Å². The van der Waals surface area contributed by atoms with Gasteiger partial charge >= 0.3 is 6.61 Å². The smallest absolute Gasteiger partial charge is 0.387 e. The molecular formula is C19H14F2IN5O2. The number of hydrogen-bond acceptors (Lipinski definition) is 6. The van der Waals surface area contributed by atoms with Crippen LogP contribution in [0.5, 0.6) is 11.5 Å². The fraction of sp³-hybridized carbons (Fsp3) is 0.105. The minimum atomic E-state index is -3.04. The van der Waals surface area contributed by atoms with Gasteiger partial charge in [0.1, 0.15) is 17.5 Å². The topological polar surface area (TPSA) is 106 Å². The number of ether oxygens (including phenoxy) is 1. The van der Waals surface area contributed by atoms with Crippen LogP contribution in [0.3, 0.4) is 0 Å². The normalized spacial score (nSPS) is 11.0. The molecule has 3 aromatic rings. The summed E-state index contributed by atoms with van der Waals surface area (Å²) in [5.74, 6) is -0.245. The van der Waals surface area contributed by atoms with Crippen molar-refractivity contribution in [3.05, 3.63) is 59.2 Å². The van der Waals surface area contributed by atoms with Crippen molar-refractivity contribution in [2.75, 3.05) is 5.32 Å². The Morgan fingerprint density at radius 1 is 1.34 bits per heavy atom. The summed E-state index contributed by atoms with van der Waals surface area (Å²) in [4.78, 5) is 4.14. The van der Waals surface area contributed by atoms with Crippen LogP contribution in [0.15, 0.2) is 47.5 Å². The highest BCUT2D eigenvalue weighted by molar-refractivity contribution is 14.1. The molecular weight excluding hydrogens is 495 g/mol. The first-order valence-electron chi connectivity index (χ1n) is 8.22. The number of hydrogen-bond donors (Lipinski definition) is 3. The number of phenols is 1. The second-order valence-electron chi connectivity index (χ2n) is 5.73. The van der Waals surface area contributed by atoms with Crippen molar-refractivity contribution in [3.63, 3.8) is 0 Å². The highest BCUT2D eigenvalue weighted by Gasteiger charge is 2.13. The summed E-state index contributed by atoms with van der Waals surface area (Å²) in [5, 5.41) is 29.1. The Balaban J connectivity index is 1.80. The third-order valence-electron chi connectivity index (χ3n) is 3.74. The number of aromatic hydroxyl groups is 1. The monoisotopic (exact) mass is 509 g/mol. The van der Waals surface area contributed by atoms with Crippen molar-refractivity contribution in [2.45, 2.75) is 11.0 Å². The fourth-order valence-corrected chi connectivity index (χ4v) is 2.92. The van der Waals surface area contributed by atoms with Gasteiger partial charge in [0.2, 0.25) is 0 Å². The van der Waals surface area contributed by atoms with E-state index in [1.165, 1.54) is 24.4 Å². The van der Waals surface area contributed by atoms with Gasteiger partial charge in [0.25, 0.3) is 0 Å². The number of aliphatic imine (C=N–C) groups is 1. The maximum absolute atomic E-state index is 12.2. The van der Waals surface area contributed by atoms with E-state index in [1.807, 2.05) is 30.3 Å². The number of H-pyrrole nitrogens is 1. The molecule has 0 amide bonds. The number of halogens is 3. The van der Waals surface area contributed by atoms with Crippen LogP contribution in [0.1, 0.15) is 16.7 Å². The molecule has 1 aromatic heterocycles. The number of nitrogens with zero attached hydrogens (tertiary/aromatic N) is 3. The zero-order valence-corrected chi connectivity index (χ0v) is 16.9. The van der Waals surface area contributed by atoms with Gasteiger partial charge in [0.15, 0.2) is 17.3 Å². The van der Waals surface area contributed by atoms with Crippen molar-refractivity contribution >= 4 is 46.1 Å². The second-order valence-corrected chi connectivity index (χ2v) is 6.49. The van der Waals surface area contributed by atoms with E-state index in [1.54, 1.807) is 0 Å². The molecule has 0 bridgehead atoms. The SMILES string of the molecule is N#Cc1c(N=Cc2ccc(OC(F)F)c(O)c2)n[nH]c1Nc1cccc(CI)c1. The summed E-state index contributed by atoms with van der Waals surface area (Å²) >= 11 is 2.26. The predicted molar refractivity (Wildman–Crippen MR) is 113 cm³/mol. The molecule has 0 fully saturated rings. The Hall–Kier alpha value is -3.20. The Morgan fingerprint density at radius 2 is 2.17 bits per heavy atom. The van der Waals surface area contributed by atoms with Gasteiger partial charge in [-0.15, -0.1) is 0 Å². The first kappa shape index (κ1) is 20.5. The molecule has 10 heteroatoms. The van der Waals surface area contributed by atoms with Crippen LogP contribution < -0.4 is 10.1 Å². The van der Waals surface area contributed by atoms with Crippen LogP contribution in [-0.2, 0) is 4.43 Å². The molecule has 0 spiro atoms. The summed E-state index contributed by atoms with van der Waals surface area (Å²) in [6.07, 6.45) is 1.35. The van der Waals surface area contributed by atoms with E-state index in [4.69, 9.17) is 0 Å². The van der Waals surface area contributed by atoms with Crippen molar-refractivity contribution in [2.24, 2.45) is 4.99 Å². The van der Waals surface area contributed by atoms with Gasteiger partial charge in [-0.05, 0) is 41.5 Å². The van der Waals surface area contributed by atoms with Crippen molar-refractivity contribution in [1.29, 1.82) is 5.26 Å². The molecule has 0 aliphatic carbocycles. The molecule has 3 N–H and O–H groups in total. The van der Waals surface area contributed by atoms with Gasteiger partial charge in [0, 0.05) is 16.3 Å². The van der Waals surface area contributed by atoms with Gasteiger partial charge in [-0.2, -0.15) is 19.1 Å². The number of phenolic OH excluding ortho intramolecular Hbond substituents is 1. The van der Waals surface area contributed by atoms with Crippen LogP contribution in [0, 0.1) is 11.3 Å². The number of alkyl halides is 3. The van der Waals surface area contributed by atoms with E-state index in [2.05, 4.69) is 47.8 Å². The predicted octanol–water partition coefficient (Wildman–Crippen LogP) is 5.02. The maximum atomic E-state index is 12.2. The van der Waals surface area contributed by atoms with Crippen molar-refractivity contribution < 1.29 is 18.6 Å². The van der Waals surface area contributed by atoms with Gasteiger partial charge in [-0.1, -0.05) is 34.7 Å². The molecule has 7 nitrogen and oxygen atoms in total. The number of aromatic nitrogens is 2.